The topological polar surface area (TPSA) is 119 Å². The molecule has 8 heteroatoms. The summed E-state index contributed by atoms with van der Waals surface area (Å²) in [4.78, 5) is 34.9. The fourth-order valence-corrected chi connectivity index (χ4v) is 5.04. The smallest absolute Gasteiger partial charge is 0.303 e. The molecular weight excluding hydrogens is 432 g/mol. The van der Waals surface area contributed by atoms with Gasteiger partial charge in [-0.25, -0.2) is 4.98 Å². The van der Waals surface area contributed by atoms with Crippen LogP contribution in [-0.4, -0.2) is 40.1 Å². The second-order valence-electron chi connectivity index (χ2n) is 9.37. The molecule has 1 aliphatic carbocycles. The van der Waals surface area contributed by atoms with Gasteiger partial charge in [-0.15, -0.1) is 0 Å². The summed E-state index contributed by atoms with van der Waals surface area (Å²) in [5, 5.41) is 9.02. The lowest BCUT2D eigenvalue weighted by molar-refractivity contribution is -0.138. The zero-order chi connectivity index (χ0) is 24.1. The molecule has 2 heterocycles. The number of rotatable bonds is 8. The molecule has 1 saturated carbocycles. The van der Waals surface area contributed by atoms with Crippen LogP contribution in [0.25, 0.3) is 0 Å². The zero-order valence-corrected chi connectivity index (χ0v) is 19.8. The molecule has 0 bridgehead atoms. The second-order valence-corrected chi connectivity index (χ2v) is 9.37. The summed E-state index contributed by atoms with van der Waals surface area (Å²) in [5.74, 6) is 0.824. The highest BCUT2D eigenvalue weighted by atomic mass is 16.5. The molecule has 2 aromatic rings. The van der Waals surface area contributed by atoms with Crippen molar-refractivity contribution < 1.29 is 19.4 Å². The Hall–Kier alpha value is -3.16. The van der Waals surface area contributed by atoms with E-state index in [2.05, 4.69) is 29.0 Å². The Morgan fingerprint density at radius 1 is 1.15 bits per heavy atom. The maximum atomic E-state index is 13.4. The van der Waals surface area contributed by atoms with Crippen molar-refractivity contribution in [3.8, 4) is 5.88 Å². The monoisotopic (exact) mass is 466 g/mol. The first-order chi connectivity index (χ1) is 16.5. The number of carboxylic acid groups (broad SMARTS) is 1. The first-order valence-electron chi connectivity index (χ1n) is 12.4. The summed E-state index contributed by atoms with van der Waals surface area (Å²) < 4.78 is 5.82. The number of fused-ring (bicyclic) bond motifs is 1. The number of nitrogens with two attached hydrogens (primary N) is 1. The lowest BCUT2D eigenvalue weighted by atomic mass is 9.77. The van der Waals surface area contributed by atoms with E-state index in [1.54, 1.807) is 4.90 Å². The second kappa shape index (κ2) is 10.8. The van der Waals surface area contributed by atoms with Gasteiger partial charge in [-0.1, -0.05) is 31.9 Å². The number of carboxylic acids is 1. The van der Waals surface area contributed by atoms with E-state index in [1.165, 1.54) is 5.56 Å². The number of carbonyl (C=O) groups is 2. The van der Waals surface area contributed by atoms with Crippen LogP contribution in [0.5, 0.6) is 5.88 Å². The Morgan fingerprint density at radius 2 is 1.88 bits per heavy atom. The fourth-order valence-electron chi connectivity index (χ4n) is 5.04. The number of anilines is 2. The van der Waals surface area contributed by atoms with Gasteiger partial charge in [0.05, 0.1) is 6.54 Å². The Balaban J connectivity index is 1.46. The van der Waals surface area contributed by atoms with E-state index in [1.807, 2.05) is 12.1 Å². The van der Waals surface area contributed by atoms with E-state index >= 15 is 0 Å². The summed E-state index contributed by atoms with van der Waals surface area (Å²) in [5.41, 5.74) is 8.45. The molecule has 8 nitrogen and oxygen atoms in total. The van der Waals surface area contributed by atoms with Crippen LogP contribution in [0, 0.1) is 5.92 Å². The molecule has 3 N–H and O–H groups in total. The summed E-state index contributed by atoms with van der Waals surface area (Å²) in [6.45, 7) is 2.88. The molecule has 0 atom stereocenters. The van der Waals surface area contributed by atoms with Gasteiger partial charge < -0.3 is 20.5 Å². The standard InChI is InChI=1S/C26H34N4O4/c1-2-3-4-5-21-28-24(27)23-25(29-21)34-15-14-30(26(23)33)20-12-10-19(11-13-20)18-8-6-17(7-9-18)16-22(31)32/h10-13,17-18H,2-9,14-16H2,1H3,(H,31,32)(H2,27,28,29). The van der Waals surface area contributed by atoms with Crippen LogP contribution in [0.2, 0.25) is 0 Å². The number of aromatic nitrogens is 2. The van der Waals surface area contributed by atoms with Gasteiger partial charge in [-0.05, 0) is 61.6 Å². The number of aliphatic carboxylic acids is 1. The highest BCUT2D eigenvalue weighted by molar-refractivity contribution is 6.10. The maximum absolute atomic E-state index is 13.4. The first-order valence-corrected chi connectivity index (χ1v) is 12.4. The SMILES string of the molecule is CCCCCc1nc(N)c2c(n1)OCCN(c1ccc(C3CCC(CC(=O)O)CC3)cc1)C2=O. The lowest BCUT2D eigenvalue weighted by Crippen LogP contribution is -2.32. The minimum atomic E-state index is -0.709. The number of nitrogen functional groups attached to an aromatic ring is 1. The molecule has 182 valence electrons. The molecule has 4 rings (SSSR count). The minimum absolute atomic E-state index is 0.170. The molecular formula is C26H34N4O4. The molecule has 1 fully saturated rings. The number of aryl methyl sites for hydroxylation is 1. The first kappa shape index (κ1) is 24.0. The third-order valence-electron chi connectivity index (χ3n) is 6.95. The van der Waals surface area contributed by atoms with Crippen LogP contribution in [0.15, 0.2) is 24.3 Å². The molecule has 2 aliphatic rings. The summed E-state index contributed by atoms with van der Waals surface area (Å²) in [6, 6.07) is 8.09. The lowest BCUT2D eigenvalue weighted by Gasteiger charge is -2.28. The average Bonchev–Trinajstić information content (AvgIpc) is 2.98. The fraction of sp³-hybridized carbons (Fsp3) is 0.538. The Bertz CT molecular complexity index is 1020. The Kier molecular flexibility index (Phi) is 7.65. The van der Waals surface area contributed by atoms with Crippen LogP contribution in [0.1, 0.15) is 86.0 Å². The Labute approximate surface area is 200 Å². The molecule has 0 radical (unpaired) electrons. The number of nitrogens with zero attached hydrogens (tertiary/aromatic N) is 3. The number of benzene rings is 1. The highest BCUT2D eigenvalue weighted by Gasteiger charge is 2.30. The number of unbranched alkanes of at least 4 members (excludes halogenated alkanes) is 2. The van der Waals surface area contributed by atoms with Crippen molar-refractivity contribution in [3.05, 3.63) is 41.2 Å². The normalized spacial score (nSPS) is 20.4. The largest absolute Gasteiger partial charge is 0.481 e. The molecule has 1 amide bonds. The predicted octanol–water partition coefficient (Wildman–Crippen LogP) is 4.58. The Morgan fingerprint density at radius 3 is 2.56 bits per heavy atom. The number of hydrogen-bond acceptors (Lipinski definition) is 6. The molecule has 0 spiro atoms. The van der Waals surface area contributed by atoms with Gasteiger partial charge in [0.1, 0.15) is 23.8 Å². The molecule has 0 unspecified atom stereocenters. The van der Waals surface area contributed by atoms with Crippen molar-refractivity contribution in [2.24, 2.45) is 5.92 Å². The highest BCUT2D eigenvalue weighted by Crippen LogP contribution is 2.38. The van der Waals surface area contributed by atoms with Gasteiger partial charge in [-0.2, -0.15) is 4.98 Å². The number of hydrogen-bond donors (Lipinski definition) is 2. The van der Waals surface area contributed by atoms with Gasteiger partial charge >= 0.3 is 5.97 Å². The summed E-state index contributed by atoms with van der Waals surface area (Å²) >= 11 is 0. The van der Waals surface area contributed by atoms with Crippen molar-refractivity contribution in [3.63, 3.8) is 0 Å². The molecule has 1 aromatic heterocycles. The van der Waals surface area contributed by atoms with Crippen molar-refractivity contribution in [1.29, 1.82) is 0 Å². The molecule has 0 saturated heterocycles. The van der Waals surface area contributed by atoms with E-state index < -0.39 is 5.97 Å². The minimum Gasteiger partial charge on any atom is -0.481 e. The van der Waals surface area contributed by atoms with Crippen molar-refractivity contribution >= 4 is 23.4 Å². The summed E-state index contributed by atoms with van der Waals surface area (Å²) in [6.07, 6.45) is 8.02. The van der Waals surface area contributed by atoms with Gasteiger partial charge in [0.2, 0.25) is 5.88 Å². The van der Waals surface area contributed by atoms with Gasteiger partial charge in [-0.3, -0.25) is 9.59 Å². The maximum Gasteiger partial charge on any atom is 0.303 e. The third kappa shape index (κ3) is 5.48. The zero-order valence-electron chi connectivity index (χ0n) is 19.8. The summed E-state index contributed by atoms with van der Waals surface area (Å²) in [7, 11) is 0. The number of amides is 1. The van der Waals surface area contributed by atoms with Crippen molar-refractivity contribution in [1.82, 2.24) is 9.97 Å². The van der Waals surface area contributed by atoms with E-state index in [4.69, 9.17) is 15.6 Å². The molecule has 34 heavy (non-hydrogen) atoms. The molecule has 1 aliphatic heterocycles. The van der Waals surface area contributed by atoms with E-state index in [9.17, 15) is 9.59 Å². The quantitative estimate of drug-likeness (QED) is 0.547. The van der Waals surface area contributed by atoms with E-state index in [0.717, 1.165) is 50.6 Å². The molecule has 1 aromatic carbocycles. The van der Waals surface area contributed by atoms with Crippen molar-refractivity contribution in [2.75, 3.05) is 23.8 Å². The average molecular weight is 467 g/mol. The number of ether oxygens (including phenoxy) is 1. The third-order valence-corrected chi connectivity index (χ3v) is 6.95. The van der Waals surface area contributed by atoms with Crippen molar-refractivity contribution in [2.45, 2.75) is 70.6 Å². The van der Waals surface area contributed by atoms with Crippen LogP contribution in [0.3, 0.4) is 0 Å². The van der Waals surface area contributed by atoms with Gasteiger partial charge in [0.15, 0.2) is 0 Å². The number of carbonyl (C=O) groups excluding carboxylic acids is 1. The van der Waals surface area contributed by atoms with Gasteiger partial charge in [0.25, 0.3) is 5.91 Å². The van der Waals surface area contributed by atoms with Gasteiger partial charge in [0, 0.05) is 18.5 Å². The van der Waals surface area contributed by atoms with E-state index in [0.29, 0.717) is 31.3 Å². The van der Waals surface area contributed by atoms with Crippen LogP contribution in [0.4, 0.5) is 11.5 Å². The predicted molar refractivity (Wildman–Crippen MR) is 130 cm³/mol. The van der Waals surface area contributed by atoms with Crippen LogP contribution < -0.4 is 15.4 Å². The van der Waals surface area contributed by atoms with Crippen LogP contribution in [-0.2, 0) is 11.2 Å². The van der Waals surface area contributed by atoms with Crippen LogP contribution >= 0.6 is 0 Å². The van der Waals surface area contributed by atoms with E-state index in [-0.39, 0.29) is 35.5 Å².